The van der Waals surface area contributed by atoms with Crippen molar-refractivity contribution in [2.75, 3.05) is 26.2 Å². The predicted octanol–water partition coefficient (Wildman–Crippen LogP) is 10.7. The molecule has 41 heavy (non-hydrogen) atoms. The quantitative estimate of drug-likeness (QED) is 0.0932. The average Bonchev–Trinajstić information content (AvgIpc) is 2.98. The minimum atomic E-state index is -6.00. The second-order valence-electron chi connectivity index (χ2n) is 12.3. The van der Waals surface area contributed by atoms with Crippen molar-refractivity contribution >= 4 is 18.1 Å². The molecule has 0 amide bonds. The molecule has 0 aromatic heterocycles. The number of quaternary nitrogens is 1. The Balaban J connectivity index is 0.000000307. The molecule has 0 saturated carbocycles. The number of nitrogens with zero attached hydrogens (tertiary/aromatic N) is 1. The van der Waals surface area contributed by atoms with E-state index in [-0.39, 0.29) is 13.3 Å². The van der Waals surface area contributed by atoms with Gasteiger partial charge in [0.05, 0.1) is 26.2 Å². The summed E-state index contributed by atoms with van der Waals surface area (Å²) in [5, 5.41) is 0. The van der Waals surface area contributed by atoms with Crippen LogP contribution in [0.4, 0.5) is 5.73 Å². The molecular formula is C37H57F2NSn. The fraction of sp³-hybridized carbons (Fsp3) is 0.514. The van der Waals surface area contributed by atoms with Crippen LogP contribution in [0.5, 0.6) is 0 Å². The molecule has 4 heteroatoms. The van der Waals surface area contributed by atoms with Crippen LogP contribution in [0.25, 0.3) is 0 Å². The molecule has 0 aliphatic rings. The van der Waals surface area contributed by atoms with Crippen LogP contribution in [-0.2, 0) is 13.3 Å². The summed E-state index contributed by atoms with van der Waals surface area (Å²) >= 11 is -6.00. The van der Waals surface area contributed by atoms with Gasteiger partial charge in [0.15, 0.2) is 0 Å². The summed E-state index contributed by atoms with van der Waals surface area (Å²) < 4.78 is 33.4. The fourth-order valence-electron chi connectivity index (χ4n) is 5.95. The van der Waals surface area contributed by atoms with Crippen LogP contribution in [0.1, 0.15) is 95.8 Å². The van der Waals surface area contributed by atoms with Crippen molar-refractivity contribution in [1.82, 2.24) is 0 Å². The maximum absolute atomic E-state index is 16.1. The van der Waals surface area contributed by atoms with Gasteiger partial charge in [-0.05, 0) is 25.7 Å². The standard InChI is InChI=1S/C16H36N.3C7H7.2FH.Sn/c1-5-9-13-17(14-10-6-2,15-11-7-3)16-12-8-4;3*1-7-5-3-2-4-6-7;;;/h5-16H2,1-4H3;3*2-6H,1H2;2*1H;/q+1;;;;;;+1/p-2. The van der Waals surface area contributed by atoms with Crippen LogP contribution in [-0.4, -0.2) is 48.8 Å². The van der Waals surface area contributed by atoms with Crippen molar-refractivity contribution in [2.45, 2.75) is 92.4 Å². The minimum absolute atomic E-state index is 0.0635. The van der Waals surface area contributed by atoms with Crippen molar-refractivity contribution in [3.8, 4) is 0 Å². The fourth-order valence-corrected chi connectivity index (χ4v) is 16.6. The third kappa shape index (κ3) is 13.9. The summed E-state index contributed by atoms with van der Waals surface area (Å²) in [6.45, 7) is 15.0. The molecule has 0 fully saturated rings. The van der Waals surface area contributed by atoms with Gasteiger partial charge >= 0.3 is 145 Å². The normalized spacial score (nSPS) is 12.7. The van der Waals surface area contributed by atoms with Crippen LogP contribution in [0, 0.1) is 0 Å². The van der Waals surface area contributed by atoms with E-state index < -0.39 is 18.1 Å². The van der Waals surface area contributed by atoms with Gasteiger partial charge < -0.3 is 4.48 Å². The van der Waals surface area contributed by atoms with Crippen LogP contribution in [0.2, 0.25) is 0 Å². The number of rotatable bonds is 18. The molecule has 0 aliphatic carbocycles. The van der Waals surface area contributed by atoms with Gasteiger partial charge in [-0.15, -0.1) is 0 Å². The van der Waals surface area contributed by atoms with Gasteiger partial charge in [0, 0.05) is 0 Å². The molecule has 0 atom stereocenters. The number of unbranched alkanes of at least 4 members (excludes halogenated alkanes) is 4. The van der Waals surface area contributed by atoms with Gasteiger partial charge in [-0.1, -0.05) is 53.4 Å². The predicted molar refractivity (Wildman–Crippen MR) is 178 cm³/mol. The Hall–Kier alpha value is -1.72. The molecule has 1 nitrogen and oxygen atoms in total. The molecule has 0 spiro atoms. The van der Waals surface area contributed by atoms with E-state index in [0.717, 1.165) is 16.7 Å². The molecular weight excluding hydrogens is 615 g/mol. The zero-order chi connectivity index (χ0) is 29.9. The average molecular weight is 673 g/mol. The first-order valence-corrected chi connectivity index (χ1v) is 24.5. The molecule has 3 aromatic carbocycles. The van der Waals surface area contributed by atoms with Crippen molar-refractivity contribution in [3.63, 3.8) is 0 Å². The summed E-state index contributed by atoms with van der Waals surface area (Å²) in [7, 11) is 0. The molecule has 0 saturated heterocycles. The van der Waals surface area contributed by atoms with Gasteiger partial charge in [0.1, 0.15) is 0 Å². The third-order valence-electron chi connectivity index (χ3n) is 8.24. The second kappa shape index (κ2) is 18.7. The van der Waals surface area contributed by atoms with Crippen LogP contribution in [0.15, 0.2) is 91.0 Å². The van der Waals surface area contributed by atoms with Gasteiger partial charge in [-0.3, -0.25) is 0 Å². The van der Waals surface area contributed by atoms with Crippen molar-refractivity contribution in [1.29, 1.82) is 0 Å². The summed E-state index contributed by atoms with van der Waals surface area (Å²) in [6.07, 6.45) is 11.1. The number of hydrogen-bond donors (Lipinski definition) is 0. The summed E-state index contributed by atoms with van der Waals surface area (Å²) in [6, 6.07) is 27.6. The first-order chi connectivity index (χ1) is 19.8. The summed E-state index contributed by atoms with van der Waals surface area (Å²) in [5.74, 6) is 0. The van der Waals surface area contributed by atoms with E-state index in [0.29, 0.717) is 0 Å². The number of benzene rings is 3. The van der Waals surface area contributed by atoms with Crippen LogP contribution >= 0.6 is 0 Å². The zero-order valence-electron chi connectivity index (χ0n) is 26.5. The first-order valence-electron chi connectivity index (χ1n) is 16.3. The van der Waals surface area contributed by atoms with Crippen LogP contribution < -0.4 is 0 Å². The Kier molecular flexibility index (Phi) is 16.2. The van der Waals surface area contributed by atoms with E-state index in [1.54, 1.807) is 0 Å². The molecule has 0 aliphatic heterocycles. The van der Waals surface area contributed by atoms with Crippen molar-refractivity contribution in [3.05, 3.63) is 108 Å². The topological polar surface area (TPSA) is 0 Å². The van der Waals surface area contributed by atoms with Crippen molar-refractivity contribution < 1.29 is 10.2 Å². The van der Waals surface area contributed by atoms with Gasteiger partial charge in [-0.2, -0.15) is 0 Å². The van der Waals surface area contributed by atoms with Gasteiger partial charge in [0.2, 0.25) is 0 Å². The monoisotopic (exact) mass is 673 g/mol. The zero-order valence-corrected chi connectivity index (χ0v) is 29.3. The van der Waals surface area contributed by atoms with E-state index >= 15 is 5.73 Å². The Morgan fingerprint density at radius 3 is 0.902 bits per heavy atom. The summed E-state index contributed by atoms with van der Waals surface area (Å²) in [4.78, 5) is 0. The SMILES string of the molecule is CCCC[N+](CCCC)(CCCC)CCCC.[F][Sn-]([F])([CH2]c1ccccc1)([CH2]c1ccccc1)[CH2]c1ccccc1. The molecule has 3 rings (SSSR count). The first kappa shape index (κ1) is 35.5. The van der Waals surface area contributed by atoms with E-state index in [1.165, 1.54) is 82.0 Å². The Bertz CT molecular complexity index is 910. The molecule has 0 radical (unpaired) electrons. The maximum atomic E-state index is 16.1. The van der Waals surface area contributed by atoms with E-state index in [2.05, 4.69) is 27.7 Å². The molecule has 0 heterocycles. The Morgan fingerprint density at radius 2 is 0.683 bits per heavy atom. The van der Waals surface area contributed by atoms with E-state index in [9.17, 15) is 0 Å². The van der Waals surface area contributed by atoms with Gasteiger partial charge in [-0.25, -0.2) is 0 Å². The van der Waals surface area contributed by atoms with Gasteiger partial charge in [0.25, 0.3) is 0 Å². The third-order valence-corrected chi connectivity index (χ3v) is 18.3. The molecule has 228 valence electrons. The number of halogens is 2. The Morgan fingerprint density at radius 1 is 0.439 bits per heavy atom. The molecule has 0 bridgehead atoms. The number of hydrogen-bond acceptors (Lipinski definition) is 0. The molecule has 0 N–H and O–H groups in total. The van der Waals surface area contributed by atoms with E-state index in [1.807, 2.05) is 91.0 Å². The molecule has 3 aromatic rings. The second-order valence-corrected chi connectivity index (χ2v) is 24.6. The summed E-state index contributed by atoms with van der Waals surface area (Å²) in [5.41, 5.74) is 2.25. The van der Waals surface area contributed by atoms with Crippen LogP contribution in [0.3, 0.4) is 0 Å². The Labute approximate surface area is 253 Å². The van der Waals surface area contributed by atoms with E-state index in [4.69, 9.17) is 0 Å². The van der Waals surface area contributed by atoms with Crippen molar-refractivity contribution in [2.24, 2.45) is 0 Å². The molecule has 0 unspecified atom stereocenters.